The van der Waals surface area contributed by atoms with Gasteiger partial charge >= 0.3 is 0 Å². The molecule has 2 aliphatic carbocycles. The molecule has 88 valence electrons. The minimum atomic E-state index is 0.708. The van der Waals surface area contributed by atoms with E-state index in [1.807, 2.05) is 0 Å². The quantitative estimate of drug-likeness (QED) is 0.576. The molecule has 0 heterocycles. The first-order chi connectivity index (χ1) is 7.03. The summed E-state index contributed by atoms with van der Waals surface area (Å²) in [7, 11) is 0. The van der Waals surface area contributed by atoms with E-state index in [9.17, 15) is 0 Å². The molecule has 0 radical (unpaired) electrons. The third-order valence-corrected chi connectivity index (χ3v) is 5.42. The van der Waals surface area contributed by atoms with E-state index >= 15 is 0 Å². The first-order valence-corrected chi connectivity index (χ1v) is 7.03. The molecule has 0 heteroatoms. The summed E-state index contributed by atoms with van der Waals surface area (Å²) in [5.74, 6) is 3.95. The van der Waals surface area contributed by atoms with E-state index in [-0.39, 0.29) is 0 Å². The van der Waals surface area contributed by atoms with Crippen LogP contribution in [0.1, 0.15) is 66.2 Å². The van der Waals surface area contributed by atoms with Gasteiger partial charge in [-0.1, -0.05) is 40.5 Å². The molecule has 0 N–H and O–H groups in total. The third-order valence-electron chi connectivity index (χ3n) is 5.42. The number of fused-ring (bicyclic) bond motifs is 1. The van der Waals surface area contributed by atoms with Crippen LogP contribution >= 0.6 is 0 Å². The molecular weight excluding hydrogens is 180 g/mol. The summed E-state index contributed by atoms with van der Waals surface area (Å²) < 4.78 is 0. The summed E-state index contributed by atoms with van der Waals surface area (Å²) in [5.41, 5.74) is 0.708. The molecule has 0 aromatic heterocycles. The lowest BCUT2D eigenvalue weighted by atomic mass is 9.70. The minimum absolute atomic E-state index is 0.708. The molecule has 2 rings (SSSR count). The van der Waals surface area contributed by atoms with Gasteiger partial charge in [0.2, 0.25) is 0 Å². The Morgan fingerprint density at radius 1 is 1.13 bits per heavy atom. The SMILES string of the molecule is CC1CCCC2(C)CCC(C(C)C)C2C1. The first kappa shape index (κ1) is 11.5. The fourth-order valence-electron chi connectivity index (χ4n) is 4.37. The molecule has 2 saturated carbocycles. The van der Waals surface area contributed by atoms with Gasteiger partial charge in [0.05, 0.1) is 0 Å². The fourth-order valence-corrected chi connectivity index (χ4v) is 4.37. The Kier molecular flexibility index (Phi) is 3.14. The van der Waals surface area contributed by atoms with Crippen molar-refractivity contribution >= 4 is 0 Å². The van der Waals surface area contributed by atoms with Gasteiger partial charge in [-0.05, 0) is 54.8 Å². The maximum Gasteiger partial charge on any atom is -0.0295 e. The van der Waals surface area contributed by atoms with E-state index in [0.717, 1.165) is 23.7 Å². The summed E-state index contributed by atoms with van der Waals surface area (Å²) in [6, 6.07) is 0. The second-order valence-corrected chi connectivity index (χ2v) is 6.94. The summed E-state index contributed by atoms with van der Waals surface area (Å²) in [5, 5.41) is 0. The molecule has 0 saturated heterocycles. The molecule has 0 aliphatic heterocycles. The number of hydrogen-bond acceptors (Lipinski definition) is 0. The zero-order chi connectivity index (χ0) is 11.1. The van der Waals surface area contributed by atoms with E-state index in [1.165, 1.54) is 38.5 Å². The normalized spacial score (nSPS) is 46.6. The second-order valence-electron chi connectivity index (χ2n) is 6.94. The zero-order valence-corrected chi connectivity index (χ0v) is 11.1. The Balaban J connectivity index is 2.17. The molecule has 0 aromatic rings. The van der Waals surface area contributed by atoms with Gasteiger partial charge < -0.3 is 0 Å². The first-order valence-electron chi connectivity index (χ1n) is 7.03. The molecule has 0 amide bonds. The van der Waals surface area contributed by atoms with Crippen molar-refractivity contribution in [1.82, 2.24) is 0 Å². The largest absolute Gasteiger partial charge is 0.0625 e. The average molecular weight is 208 g/mol. The number of hydrogen-bond donors (Lipinski definition) is 0. The molecule has 2 fully saturated rings. The maximum atomic E-state index is 2.58. The van der Waals surface area contributed by atoms with Gasteiger partial charge in [0.15, 0.2) is 0 Å². The zero-order valence-electron chi connectivity index (χ0n) is 11.1. The van der Waals surface area contributed by atoms with E-state index in [4.69, 9.17) is 0 Å². The van der Waals surface area contributed by atoms with Crippen molar-refractivity contribution in [3.63, 3.8) is 0 Å². The van der Waals surface area contributed by atoms with Crippen molar-refractivity contribution in [3.8, 4) is 0 Å². The lowest BCUT2D eigenvalue weighted by molar-refractivity contribution is 0.146. The van der Waals surface area contributed by atoms with Crippen LogP contribution in [0.25, 0.3) is 0 Å². The predicted molar refractivity (Wildman–Crippen MR) is 66.8 cm³/mol. The van der Waals surface area contributed by atoms with E-state index in [1.54, 1.807) is 0 Å². The lowest BCUT2D eigenvalue weighted by Gasteiger charge is -2.34. The number of rotatable bonds is 1. The maximum absolute atomic E-state index is 2.58. The van der Waals surface area contributed by atoms with E-state index in [2.05, 4.69) is 27.7 Å². The lowest BCUT2D eigenvalue weighted by Crippen LogP contribution is -2.27. The van der Waals surface area contributed by atoms with Crippen LogP contribution in [0.15, 0.2) is 0 Å². The van der Waals surface area contributed by atoms with Gasteiger partial charge in [-0.25, -0.2) is 0 Å². The van der Waals surface area contributed by atoms with Crippen molar-refractivity contribution in [2.45, 2.75) is 66.2 Å². The highest BCUT2D eigenvalue weighted by Gasteiger charge is 2.46. The van der Waals surface area contributed by atoms with Gasteiger partial charge in [-0.3, -0.25) is 0 Å². The fraction of sp³-hybridized carbons (Fsp3) is 1.00. The highest BCUT2D eigenvalue weighted by molar-refractivity contribution is 4.96. The van der Waals surface area contributed by atoms with Crippen molar-refractivity contribution < 1.29 is 0 Å². The smallest absolute Gasteiger partial charge is 0.0295 e. The second kappa shape index (κ2) is 4.11. The van der Waals surface area contributed by atoms with E-state index in [0.29, 0.717) is 5.41 Å². The standard InChI is InChI=1S/C15H28/c1-11(2)13-7-9-15(4)8-5-6-12(3)10-14(13)15/h11-14H,5-10H2,1-4H3. The Labute approximate surface area is 95.8 Å². The van der Waals surface area contributed by atoms with Crippen LogP contribution < -0.4 is 0 Å². The summed E-state index contributed by atoms with van der Waals surface area (Å²) >= 11 is 0. The van der Waals surface area contributed by atoms with Crippen molar-refractivity contribution in [1.29, 1.82) is 0 Å². The Morgan fingerprint density at radius 2 is 1.87 bits per heavy atom. The molecule has 0 bridgehead atoms. The third kappa shape index (κ3) is 2.10. The van der Waals surface area contributed by atoms with Crippen molar-refractivity contribution in [2.75, 3.05) is 0 Å². The molecule has 2 aliphatic rings. The summed E-state index contributed by atoms with van der Waals surface area (Å²) in [4.78, 5) is 0. The van der Waals surface area contributed by atoms with Gasteiger partial charge in [0.1, 0.15) is 0 Å². The van der Waals surface area contributed by atoms with Crippen molar-refractivity contribution in [2.24, 2.45) is 29.1 Å². The predicted octanol–water partition coefficient (Wildman–Crippen LogP) is 4.89. The minimum Gasteiger partial charge on any atom is -0.0625 e. The van der Waals surface area contributed by atoms with Crippen LogP contribution in [0.2, 0.25) is 0 Å². The van der Waals surface area contributed by atoms with Gasteiger partial charge in [-0.2, -0.15) is 0 Å². The van der Waals surface area contributed by atoms with Gasteiger partial charge in [0.25, 0.3) is 0 Å². The van der Waals surface area contributed by atoms with E-state index < -0.39 is 0 Å². The topological polar surface area (TPSA) is 0 Å². The summed E-state index contributed by atoms with van der Waals surface area (Å²) in [6.07, 6.45) is 9.00. The highest BCUT2D eigenvalue weighted by atomic mass is 14.5. The van der Waals surface area contributed by atoms with Gasteiger partial charge in [0, 0.05) is 0 Å². The van der Waals surface area contributed by atoms with Crippen LogP contribution in [0, 0.1) is 29.1 Å². The molecule has 0 aromatic carbocycles. The molecule has 0 spiro atoms. The van der Waals surface area contributed by atoms with Crippen LogP contribution in [-0.4, -0.2) is 0 Å². The average Bonchev–Trinajstić information content (AvgIpc) is 2.37. The molecule has 0 nitrogen and oxygen atoms in total. The van der Waals surface area contributed by atoms with Crippen molar-refractivity contribution in [3.05, 3.63) is 0 Å². The molecule has 4 unspecified atom stereocenters. The molecule has 15 heavy (non-hydrogen) atoms. The van der Waals surface area contributed by atoms with Crippen LogP contribution in [-0.2, 0) is 0 Å². The van der Waals surface area contributed by atoms with Crippen LogP contribution in [0.3, 0.4) is 0 Å². The molecular formula is C15H28. The summed E-state index contributed by atoms with van der Waals surface area (Å²) in [6.45, 7) is 9.93. The van der Waals surface area contributed by atoms with Crippen LogP contribution in [0.4, 0.5) is 0 Å². The molecule has 4 atom stereocenters. The monoisotopic (exact) mass is 208 g/mol. The Morgan fingerprint density at radius 3 is 2.53 bits per heavy atom. The Hall–Kier alpha value is 0. The van der Waals surface area contributed by atoms with Crippen LogP contribution in [0.5, 0.6) is 0 Å². The van der Waals surface area contributed by atoms with Gasteiger partial charge in [-0.15, -0.1) is 0 Å². The highest BCUT2D eigenvalue weighted by Crippen LogP contribution is 2.56. The Bertz CT molecular complexity index is 218.